The van der Waals surface area contributed by atoms with E-state index in [0.29, 0.717) is 23.7 Å². The molecule has 2 atom stereocenters. The summed E-state index contributed by atoms with van der Waals surface area (Å²) >= 11 is 0. The van der Waals surface area contributed by atoms with Gasteiger partial charge in [-0.3, -0.25) is 9.59 Å². The Morgan fingerprint density at radius 1 is 1.03 bits per heavy atom. The summed E-state index contributed by atoms with van der Waals surface area (Å²) in [6.45, 7) is 0.467. The number of nitrogens with one attached hydrogen (secondary N) is 1. The zero-order valence-electron chi connectivity index (χ0n) is 19.2. The first kappa shape index (κ1) is 21.2. The lowest BCUT2D eigenvalue weighted by Gasteiger charge is -2.22. The summed E-state index contributed by atoms with van der Waals surface area (Å²) in [5.41, 5.74) is 3.48. The maximum atomic E-state index is 13.5. The maximum Gasteiger partial charge on any atom is 0.231 e. The Bertz CT molecular complexity index is 1430. The number of benzene rings is 3. The molecule has 2 aliphatic rings. The molecule has 0 radical (unpaired) electrons. The van der Waals surface area contributed by atoms with Gasteiger partial charge in [0.25, 0.3) is 0 Å². The van der Waals surface area contributed by atoms with Crippen LogP contribution in [0.25, 0.3) is 11.0 Å². The van der Waals surface area contributed by atoms with E-state index >= 15 is 0 Å². The highest BCUT2D eigenvalue weighted by molar-refractivity contribution is 6.00. The summed E-state index contributed by atoms with van der Waals surface area (Å²) in [6, 6.07) is 22.6. The average Bonchev–Trinajstić information content (AvgIpc) is 3.60. The van der Waals surface area contributed by atoms with Crippen molar-refractivity contribution in [2.45, 2.75) is 12.5 Å². The van der Waals surface area contributed by atoms with Crippen LogP contribution in [0.15, 0.2) is 72.8 Å². The zero-order valence-corrected chi connectivity index (χ0v) is 19.2. The van der Waals surface area contributed by atoms with Crippen molar-refractivity contribution >= 4 is 28.5 Å². The Morgan fingerprint density at radius 2 is 1.80 bits per heavy atom. The molecule has 0 aliphatic carbocycles. The molecule has 35 heavy (non-hydrogen) atoms. The van der Waals surface area contributed by atoms with E-state index in [-0.39, 0.29) is 25.0 Å². The molecular formula is C27H24N4O4. The van der Waals surface area contributed by atoms with Gasteiger partial charge < -0.3 is 24.3 Å². The molecule has 0 saturated carbocycles. The second-order valence-corrected chi connectivity index (χ2v) is 8.81. The van der Waals surface area contributed by atoms with Crippen molar-refractivity contribution in [3.05, 3.63) is 84.2 Å². The highest BCUT2D eigenvalue weighted by atomic mass is 16.7. The fourth-order valence-corrected chi connectivity index (χ4v) is 4.81. The number of fused-ring (bicyclic) bond motifs is 2. The van der Waals surface area contributed by atoms with Crippen molar-refractivity contribution in [3.8, 4) is 11.5 Å². The number of hydrogen-bond acceptors (Lipinski definition) is 5. The Morgan fingerprint density at radius 3 is 2.63 bits per heavy atom. The number of aryl methyl sites for hydroxylation is 1. The highest BCUT2D eigenvalue weighted by Crippen LogP contribution is 2.37. The van der Waals surface area contributed by atoms with E-state index in [2.05, 4.69) is 5.32 Å². The first-order valence-electron chi connectivity index (χ1n) is 11.5. The second-order valence-electron chi connectivity index (χ2n) is 8.81. The largest absolute Gasteiger partial charge is 0.454 e. The van der Waals surface area contributed by atoms with E-state index < -0.39 is 12.0 Å². The number of imidazole rings is 1. The SMILES string of the molecule is Cn1c(C(NC(=O)C2CC(=O)N(c3ccc4c(c3)OCO4)C2)c2ccccc2)nc2ccccc21. The highest BCUT2D eigenvalue weighted by Gasteiger charge is 2.37. The molecule has 1 N–H and O–H groups in total. The molecule has 2 unspecified atom stereocenters. The lowest BCUT2D eigenvalue weighted by molar-refractivity contribution is -0.126. The van der Waals surface area contributed by atoms with Gasteiger partial charge in [-0.2, -0.15) is 0 Å². The van der Waals surface area contributed by atoms with Gasteiger partial charge in [0, 0.05) is 31.8 Å². The number of rotatable bonds is 5. The van der Waals surface area contributed by atoms with Gasteiger partial charge in [0.05, 0.1) is 17.0 Å². The smallest absolute Gasteiger partial charge is 0.231 e. The van der Waals surface area contributed by atoms with Crippen LogP contribution in [0.5, 0.6) is 11.5 Å². The first-order valence-corrected chi connectivity index (χ1v) is 11.5. The molecule has 4 aromatic rings. The minimum atomic E-state index is -0.478. The number of carbonyl (C=O) groups excluding carboxylic acids is 2. The van der Waals surface area contributed by atoms with E-state index in [1.165, 1.54) is 0 Å². The predicted octanol–water partition coefficient (Wildman–Crippen LogP) is 3.56. The summed E-state index contributed by atoms with van der Waals surface area (Å²) in [7, 11) is 1.95. The van der Waals surface area contributed by atoms with Gasteiger partial charge >= 0.3 is 0 Å². The predicted molar refractivity (Wildman–Crippen MR) is 130 cm³/mol. The number of nitrogens with zero attached hydrogens (tertiary/aromatic N) is 3. The van der Waals surface area contributed by atoms with Crippen molar-refractivity contribution in [2.24, 2.45) is 13.0 Å². The Hall–Kier alpha value is -4.33. The van der Waals surface area contributed by atoms with Crippen LogP contribution in [0.2, 0.25) is 0 Å². The van der Waals surface area contributed by atoms with E-state index in [4.69, 9.17) is 14.5 Å². The van der Waals surface area contributed by atoms with Crippen LogP contribution < -0.4 is 19.7 Å². The minimum absolute atomic E-state index is 0.0944. The quantitative estimate of drug-likeness (QED) is 0.484. The normalized spacial score (nSPS) is 17.7. The summed E-state index contributed by atoms with van der Waals surface area (Å²) in [6.07, 6.45) is 0.143. The number of hydrogen-bond donors (Lipinski definition) is 1. The molecule has 0 spiro atoms. The number of para-hydroxylation sites is 2. The standard InChI is InChI=1S/C27H24N4O4/c1-30-21-10-6-5-9-20(21)28-26(30)25(17-7-3-2-4-8-17)29-27(33)18-13-24(32)31(15-18)19-11-12-22-23(14-19)35-16-34-22/h2-12,14,18,25H,13,15-16H2,1H3,(H,29,33). The van der Waals surface area contributed by atoms with Crippen molar-refractivity contribution < 1.29 is 19.1 Å². The van der Waals surface area contributed by atoms with Crippen LogP contribution in [0, 0.1) is 5.92 Å². The van der Waals surface area contributed by atoms with Gasteiger partial charge in [-0.1, -0.05) is 42.5 Å². The molecule has 1 aromatic heterocycles. The molecule has 8 heteroatoms. The third-order valence-electron chi connectivity index (χ3n) is 6.66. The van der Waals surface area contributed by atoms with E-state index in [0.717, 1.165) is 22.4 Å². The molecule has 1 saturated heterocycles. The van der Waals surface area contributed by atoms with Crippen LogP contribution in [-0.4, -0.2) is 34.7 Å². The summed E-state index contributed by atoms with van der Waals surface area (Å²) in [4.78, 5) is 32.8. The number of anilines is 1. The number of amides is 2. The summed E-state index contributed by atoms with van der Waals surface area (Å²) in [5, 5.41) is 3.18. The van der Waals surface area contributed by atoms with Gasteiger partial charge in [0.1, 0.15) is 11.9 Å². The van der Waals surface area contributed by atoms with Crippen molar-refractivity contribution in [3.63, 3.8) is 0 Å². The average molecular weight is 469 g/mol. The molecule has 2 aliphatic heterocycles. The van der Waals surface area contributed by atoms with Crippen LogP contribution in [0.1, 0.15) is 23.9 Å². The van der Waals surface area contributed by atoms with E-state index in [9.17, 15) is 9.59 Å². The molecule has 8 nitrogen and oxygen atoms in total. The molecule has 176 valence electrons. The summed E-state index contributed by atoms with van der Waals surface area (Å²) < 4.78 is 12.8. The third kappa shape index (κ3) is 3.77. The summed E-state index contributed by atoms with van der Waals surface area (Å²) in [5.74, 6) is 1.25. The lowest BCUT2D eigenvalue weighted by atomic mass is 10.0. The second kappa shape index (κ2) is 8.47. The van der Waals surface area contributed by atoms with Gasteiger partial charge in [-0.25, -0.2) is 4.98 Å². The third-order valence-corrected chi connectivity index (χ3v) is 6.66. The minimum Gasteiger partial charge on any atom is -0.454 e. The fraction of sp³-hybridized carbons (Fsp3) is 0.222. The van der Waals surface area contributed by atoms with Gasteiger partial charge in [0.15, 0.2) is 11.5 Å². The lowest BCUT2D eigenvalue weighted by Crippen LogP contribution is -2.37. The number of aromatic nitrogens is 2. The van der Waals surface area contributed by atoms with Crippen LogP contribution >= 0.6 is 0 Å². The molecule has 2 amide bonds. The Balaban J connectivity index is 1.27. The van der Waals surface area contributed by atoms with Crippen LogP contribution in [0.3, 0.4) is 0 Å². The Kier molecular flexibility index (Phi) is 5.13. The van der Waals surface area contributed by atoms with Crippen LogP contribution in [-0.2, 0) is 16.6 Å². The molecular weight excluding hydrogens is 444 g/mol. The molecule has 3 heterocycles. The molecule has 1 fully saturated rings. The number of carbonyl (C=O) groups is 2. The first-order chi connectivity index (χ1) is 17.1. The fourth-order valence-electron chi connectivity index (χ4n) is 4.81. The van der Waals surface area contributed by atoms with E-state index in [1.54, 1.807) is 17.0 Å². The Labute approximate surface area is 202 Å². The van der Waals surface area contributed by atoms with E-state index in [1.807, 2.05) is 72.3 Å². The monoisotopic (exact) mass is 468 g/mol. The van der Waals surface area contributed by atoms with Gasteiger partial charge in [-0.15, -0.1) is 0 Å². The topological polar surface area (TPSA) is 85.7 Å². The molecule has 3 aromatic carbocycles. The van der Waals surface area contributed by atoms with Crippen molar-refractivity contribution in [1.82, 2.24) is 14.9 Å². The van der Waals surface area contributed by atoms with Crippen LogP contribution in [0.4, 0.5) is 5.69 Å². The molecule has 0 bridgehead atoms. The van der Waals surface area contributed by atoms with Crippen molar-refractivity contribution in [2.75, 3.05) is 18.2 Å². The van der Waals surface area contributed by atoms with Crippen molar-refractivity contribution in [1.29, 1.82) is 0 Å². The molecule has 6 rings (SSSR count). The van der Waals surface area contributed by atoms with Gasteiger partial charge in [0.2, 0.25) is 18.6 Å². The van der Waals surface area contributed by atoms with Gasteiger partial charge in [-0.05, 0) is 29.8 Å². The zero-order chi connectivity index (χ0) is 23.9. The maximum absolute atomic E-state index is 13.5. The number of ether oxygens (including phenoxy) is 2.